The van der Waals surface area contributed by atoms with E-state index in [4.69, 9.17) is 39.5 Å². The Bertz CT molecular complexity index is 1220. The number of methoxy groups -OCH3 is 1. The zero-order chi connectivity index (χ0) is 23.4. The minimum atomic E-state index is -0.928. The van der Waals surface area contributed by atoms with Crippen molar-refractivity contribution in [1.29, 1.82) is 0 Å². The molecule has 2 aromatic carbocycles. The molecular formula is C22H19Cl3N4O3. The van der Waals surface area contributed by atoms with Crippen LogP contribution in [0.1, 0.15) is 17.0 Å². The molecule has 0 atom stereocenters. The number of ether oxygens (including phenoxy) is 1. The van der Waals surface area contributed by atoms with Crippen molar-refractivity contribution in [3.8, 4) is 11.4 Å². The number of nitrogens with zero attached hydrogens (tertiary/aromatic N) is 2. The first kappa shape index (κ1) is 23.7. The number of hydrogen-bond donors (Lipinski definition) is 2. The van der Waals surface area contributed by atoms with Gasteiger partial charge in [-0.3, -0.25) is 9.59 Å². The van der Waals surface area contributed by atoms with E-state index >= 15 is 0 Å². The number of nitrogens with one attached hydrogen (secondary N) is 2. The van der Waals surface area contributed by atoms with Gasteiger partial charge in [-0.05, 0) is 56.3 Å². The van der Waals surface area contributed by atoms with Gasteiger partial charge in [-0.25, -0.2) is 5.43 Å². The van der Waals surface area contributed by atoms with E-state index < -0.39 is 11.8 Å². The van der Waals surface area contributed by atoms with Crippen LogP contribution in [-0.2, 0) is 9.59 Å². The van der Waals surface area contributed by atoms with Gasteiger partial charge < -0.3 is 14.6 Å². The molecule has 0 fully saturated rings. The highest BCUT2D eigenvalue weighted by Gasteiger charge is 2.15. The van der Waals surface area contributed by atoms with Gasteiger partial charge in [0.25, 0.3) is 0 Å². The highest BCUT2D eigenvalue weighted by molar-refractivity contribution is 6.40. The molecule has 1 aromatic heterocycles. The Morgan fingerprint density at radius 1 is 1.00 bits per heavy atom. The van der Waals surface area contributed by atoms with E-state index in [0.717, 1.165) is 22.6 Å². The average Bonchev–Trinajstić information content (AvgIpc) is 3.01. The Morgan fingerprint density at radius 2 is 1.75 bits per heavy atom. The first-order valence-electron chi connectivity index (χ1n) is 9.33. The molecule has 3 aromatic rings. The van der Waals surface area contributed by atoms with Gasteiger partial charge >= 0.3 is 11.8 Å². The van der Waals surface area contributed by atoms with E-state index in [0.29, 0.717) is 26.5 Å². The van der Waals surface area contributed by atoms with Crippen LogP contribution in [0.4, 0.5) is 5.69 Å². The number of aromatic nitrogens is 1. The van der Waals surface area contributed by atoms with Crippen LogP contribution in [0.5, 0.6) is 5.75 Å². The number of benzene rings is 2. The molecule has 2 amide bonds. The summed E-state index contributed by atoms with van der Waals surface area (Å²) in [5.41, 5.74) is 5.84. The number of carbonyl (C=O) groups is 2. The molecule has 0 aliphatic heterocycles. The number of amides is 2. The van der Waals surface area contributed by atoms with Crippen molar-refractivity contribution >= 4 is 58.5 Å². The molecule has 10 heteroatoms. The number of carbonyl (C=O) groups excluding carboxylic acids is 2. The molecule has 0 bridgehead atoms. The number of anilines is 1. The standard InChI is InChI=1S/C22H19Cl3N4O3/c1-12-8-14(13(2)29(12)19-6-4-15(23)9-17(19)24)11-26-28-22(31)21(30)27-16-5-7-20(32-3)18(25)10-16/h4-11H,1-3H3,(H,27,30)(H,28,31)/b26-11-. The zero-order valence-electron chi connectivity index (χ0n) is 17.4. The third-order valence-electron chi connectivity index (χ3n) is 4.61. The molecule has 3 rings (SSSR count). The first-order valence-corrected chi connectivity index (χ1v) is 10.5. The summed E-state index contributed by atoms with van der Waals surface area (Å²) in [6, 6.07) is 11.8. The Labute approximate surface area is 199 Å². The van der Waals surface area contributed by atoms with Crippen LogP contribution in [0.25, 0.3) is 5.69 Å². The van der Waals surface area contributed by atoms with E-state index in [1.807, 2.05) is 30.5 Å². The monoisotopic (exact) mass is 492 g/mol. The van der Waals surface area contributed by atoms with Crippen LogP contribution >= 0.6 is 34.8 Å². The molecule has 0 spiro atoms. The number of hydrazone groups is 1. The summed E-state index contributed by atoms with van der Waals surface area (Å²) >= 11 is 18.3. The summed E-state index contributed by atoms with van der Waals surface area (Å²) in [5.74, 6) is -1.36. The largest absolute Gasteiger partial charge is 0.495 e. The van der Waals surface area contributed by atoms with Crippen molar-refractivity contribution in [2.45, 2.75) is 13.8 Å². The molecule has 166 valence electrons. The molecular weight excluding hydrogens is 475 g/mol. The molecule has 0 saturated heterocycles. The average molecular weight is 494 g/mol. The van der Waals surface area contributed by atoms with Crippen molar-refractivity contribution in [2.24, 2.45) is 5.10 Å². The maximum absolute atomic E-state index is 12.1. The Balaban J connectivity index is 1.68. The van der Waals surface area contributed by atoms with Crippen molar-refractivity contribution in [3.05, 3.63) is 74.5 Å². The van der Waals surface area contributed by atoms with E-state index in [-0.39, 0.29) is 0 Å². The normalized spacial score (nSPS) is 10.9. The summed E-state index contributed by atoms with van der Waals surface area (Å²) in [4.78, 5) is 24.2. The number of hydrogen-bond acceptors (Lipinski definition) is 4. The Morgan fingerprint density at radius 3 is 2.41 bits per heavy atom. The van der Waals surface area contributed by atoms with Crippen LogP contribution < -0.4 is 15.5 Å². The third-order valence-corrected chi connectivity index (χ3v) is 5.44. The van der Waals surface area contributed by atoms with Gasteiger partial charge in [0.15, 0.2) is 0 Å². The van der Waals surface area contributed by atoms with Crippen LogP contribution in [0.3, 0.4) is 0 Å². The van der Waals surface area contributed by atoms with Crippen molar-refractivity contribution in [1.82, 2.24) is 9.99 Å². The molecule has 7 nitrogen and oxygen atoms in total. The molecule has 0 saturated carbocycles. The van der Waals surface area contributed by atoms with Gasteiger partial charge in [-0.2, -0.15) is 5.10 Å². The Kier molecular flexibility index (Phi) is 7.45. The van der Waals surface area contributed by atoms with Gasteiger partial charge in [-0.15, -0.1) is 0 Å². The van der Waals surface area contributed by atoms with E-state index in [9.17, 15) is 9.59 Å². The zero-order valence-corrected chi connectivity index (χ0v) is 19.6. The molecule has 2 N–H and O–H groups in total. The van der Waals surface area contributed by atoms with Crippen molar-refractivity contribution in [2.75, 3.05) is 12.4 Å². The summed E-state index contributed by atoms with van der Waals surface area (Å²) in [7, 11) is 1.48. The molecule has 1 heterocycles. The number of aryl methyl sites for hydroxylation is 1. The fourth-order valence-electron chi connectivity index (χ4n) is 3.09. The third kappa shape index (κ3) is 5.24. The SMILES string of the molecule is COc1ccc(NC(=O)C(=O)N/N=C\c2cc(C)n(-c3ccc(Cl)cc3Cl)c2C)cc1Cl. The van der Waals surface area contributed by atoms with Crippen molar-refractivity contribution in [3.63, 3.8) is 0 Å². The molecule has 0 aliphatic carbocycles. The lowest BCUT2D eigenvalue weighted by molar-refractivity contribution is -0.136. The lowest BCUT2D eigenvalue weighted by atomic mass is 10.2. The maximum atomic E-state index is 12.1. The summed E-state index contributed by atoms with van der Waals surface area (Å²) < 4.78 is 7.00. The fourth-order valence-corrected chi connectivity index (χ4v) is 3.85. The lowest BCUT2D eigenvalue weighted by Crippen LogP contribution is -2.32. The molecule has 0 unspecified atom stereocenters. The smallest absolute Gasteiger partial charge is 0.329 e. The predicted molar refractivity (Wildman–Crippen MR) is 128 cm³/mol. The quantitative estimate of drug-likeness (QED) is 0.293. The number of halogens is 3. The second-order valence-corrected chi connectivity index (χ2v) is 8.01. The fraction of sp³-hybridized carbons (Fsp3) is 0.136. The summed E-state index contributed by atoms with van der Waals surface area (Å²) in [5, 5.41) is 7.69. The van der Waals surface area contributed by atoms with Crippen LogP contribution in [0, 0.1) is 13.8 Å². The lowest BCUT2D eigenvalue weighted by Gasteiger charge is -2.11. The molecule has 0 aliphatic rings. The second kappa shape index (κ2) is 10.1. The van der Waals surface area contributed by atoms with Gasteiger partial charge in [0.1, 0.15) is 5.75 Å². The van der Waals surface area contributed by atoms with Gasteiger partial charge in [0, 0.05) is 27.7 Å². The summed E-state index contributed by atoms with van der Waals surface area (Å²) in [6.45, 7) is 3.81. The van der Waals surface area contributed by atoms with Crippen LogP contribution in [0.2, 0.25) is 15.1 Å². The first-order chi connectivity index (χ1) is 15.2. The highest BCUT2D eigenvalue weighted by atomic mass is 35.5. The van der Waals surface area contributed by atoms with E-state index in [1.54, 1.807) is 24.3 Å². The van der Waals surface area contributed by atoms with Gasteiger partial charge in [0.05, 0.1) is 29.1 Å². The minimum absolute atomic E-state index is 0.305. The second-order valence-electron chi connectivity index (χ2n) is 6.76. The van der Waals surface area contributed by atoms with Crippen LogP contribution in [-0.4, -0.2) is 29.7 Å². The summed E-state index contributed by atoms with van der Waals surface area (Å²) in [6.07, 6.45) is 1.46. The number of rotatable bonds is 5. The van der Waals surface area contributed by atoms with Crippen LogP contribution in [0.15, 0.2) is 47.6 Å². The predicted octanol–water partition coefficient (Wildman–Crippen LogP) is 5.15. The topological polar surface area (TPSA) is 84.7 Å². The van der Waals surface area contributed by atoms with Crippen molar-refractivity contribution < 1.29 is 14.3 Å². The van der Waals surface area contributed by atoms with E-state index in [1.165, 1.54) is 19.4 Å². The molecule has 32 heavy (non-hydrogen) atoms. The van der Waals surface area contributed by atoms with Gasteiger partial charge in [0.2, 0.25) is 0 Å². The highest BCUT2D eigenvalue weighted by Crippen LogP contribution is 2.29. The van der Waals surface area contributed by atoms with Gasteiger partial charge in [-0.1, -0.05) is 34.8 Å². The Hall–Kier alpha value is -3.00. The maximum Gasteiger partial charge on any atom is 0.329 e. The molecule has 0 radical (unpaired) electrons. The van der Waals surface area contributed by atoms with E-state index in [2.05, 4.69) is 15.8 Å². The minimum Gasteiger partial charge on any atom is -0.495 e.